The van der Waals surface area contributed by atoms with Gasteiger partial charge in [-0.25, -0.2) is 9.59 Å². The molecule has 1 aromatic rings. The number of aliphatic carboxylic acids is 2. The van der Waals surface area contributed by atoms with Gasteiger partial charge in [-0.1, -0.05) is 94.3 Å². The van der Waals surface area contributed by atoms with Crippen LogP contribution in [0.4, 0.5) is 0 Å². The van der Waals surface area contributed by atoms with Gasteiger partial charge in [0.15, 0.2) is 5.96 Å². The molecular weight excluding hydrogens is 921 g/mol. The Morgan fingerprint density at radius 3 is 2.07 bits per heavy atom. The highest BCUT2D eigenvalue weighted by molar-refractivity contribution is 6.00. The predicted octanol–water partition coefficient (Wildman–Crippen LogP) is 0.810. The van der Waals surface area contributed by atoms with E-state index in [1.165, 1.54) is 32.9 Å². The maximum atomic E-state index is 14.3. The zero-order chi connectivity index (χ0) is 53.4. The number of nitrogens with two attached hydrogens (primary N) is 2. The fraction of sp³-hybridized carbons (Fsp3) is 0.551. The second-order valence-corrected chi connectivity index (χ2v) is 17.8. The van der Waals surface area contributed by atoms with Crippen molar-refractivity contribution < 1.29 is 58.1 Å². The molecule has 1 heterocycles. The number of hydrogen-bond acceptors (Lipinski definition) is 11. The van der Waals surface area contributed by atoms with Gasteiger partial charge in [-0.05, 0) is 64.4 Å². The molecule has 1 aliphatic rings. The van der Waals surface area contributed by atoms with Crippen LogP contribution in [-0.2, 0) is 54.3 Å². The standard InChI is InChI=1S/C49H74N10O12/c1-9-27(3)24-37-46(66)59-38(48(69)70)26-41(61)55-35(17-14-22-52-49(50)51)45(65)56-34(19-18-28(4)23-29(5)39(71-8)25-32-15-12-11-13-16-32)30(6)42(62)57-36(47(67)68)20-21-40(60)54-33(10-2)44(64)53-31(7)43(63)58-37/h10-13,15-16,18-19,23,27,29-31,34-39H,9,14,17,20-22,24-26H2,1-8H3,(H,53,64)(H,54,60)(H,55,61)(H,56,65)(H,57,62)(H,58,63)(H,59,66)(H,67,68)(H,69,70)(H4,50,51,52)/b19-18+,28-23+,33-10+/t27-,29-,30-,31+,34?,35-,36+,37-,38+,39-/m0/s1. The molecule has 0 saturated carbocycles. The maximum Gasteiger partial charge on any atom is 0.326 e. The van der Waals surface area contributed by atoms with E-state index in [0.717, 1.165) is 5.56 Å². The molecule has 392 valence electrons. The van der Waals surface area contributed by atoms with Gasteiger partial charge in [-0.3, -0.25) is 38.6 Å². The molecule has 7 amide bonds. The van der Waals surface area contributed by atoms with Gasteiger partial charge < -0.3 is 63.6 Å². The van der Waals surface area contributed by atoms with E-state index in [0.29, 0.717) is 18.4 Å². The lowest BCUT2D eigenvalue weighted by molar-refractivity contribution is -0.144. The maximum absolute atomic E-state index is 14.3. The molecule has 0 radical (unpaired) electrons. The van der Waals surface area contributed by atoms with E-state index < -0.39 is 115 Å². The lowest BCUT2D eigenvalue weighted by Gasteiger charge is -2.27. The lowest BCUT2D eigenvalue weighted by atomic mass is 9.94. The fourth-order valence-corrected chi connectivity index (χ4v) is 7.36. The van der Waals surface area contributed by atoms with Crippen LogP contribution in [0.1, 0.15) is 99.0 Å². The molecule has 22 nitrogen and oxygen atoms in total. The molecular formula is C49H74N10O12. The van der Waals surface area contributed by atoms with Crippen LogP contribution in [0, 0.1) is 17.8 Å². The lowest BCUT2D eigenvalue weighted by Crippen LogP contribution is -2.57. The van der Waals surface area contributed by atoms with Crippen molar-refractivity contribution in [3.8, 4) is 0 Å². The molecule has 0 aromatic heterocycles. The van der Waals surface area contributed by atoms with Gasteiger partial charge in [0.2, 0.25) is 35.4 Å². The molecule has 0 bridgehead atoms. The zero-order valence-electron chi connectivity index (χ0n) is 41.9. The first-order valence-corrected chi connectivity index (χ1v) is 23.7. The van der Waals surface area contributed by atoms with E-state index in [9.17, 15) is 53.4 Å². The van der Waals surface area contributed by atoms with Crippen LogP contribution in [-0.4, -0.2) is 125 Å². The summed E-state index contributed by atoms with van der Waals surface area (Å²) in [4.78, 5) is 124. The molecule has 1 aliphatic heterocycles. The summed E-state index contributed by atoms with van der Waals surface area (Å²) in [6.45, 7) is 11.6. The van der Waals surface area contributed by atoms with Crippen molar-refractivity contribution >= 4 is 59.2 Å². The highest BCUT2D eigenvalue weighted by Crippen LogP contribution is 2.19. The number of carboxylic acids is 2. The smallest absolute Gasteiger partial charge is 0.326 e. The van der Waals surface area contributed by atoms with Crippen molar-refractivity contribution in [1.29, 1.82) is 0 Å². The van der Waals surface area contributed by atoms with E-state index in [2.05, 4.69) is 42.2 Å². The fourth-order valence-electron chi connectivity index (χ4n) is 7.36. The van der Waals surface area contributed by atoms with Gasteiger partial charge in [0.05, 0.1) is 24.5 Å². The Kier molecular flexibility index (Phi) is 25.8. The zero-order valence-corrected chi connectivity index (χ0v) is 41.9. The Balaban J connectivity index is 2.69. The van der Waals surface area contributed by atoms with E-state index in [1.54, 1.807) is 27.0 Å². The van der Waals surface area contributed by atoms with Crippen LogP contribution in [0.15, 0.2) is 70.9 Å². The summed E-state index contributed by atoms with van der Waals surface area (Å²) in [5.41, 5.74) is 12.5. The number of hydrogen-bond donors (Lipinski definition) is 11. The Morgan fingerprint density at radius 2 is 1.48 bits per heavy atom. The van der Waals surface area contributed by atoms with Crippen LogP contribution in [0.5, 0.6) is 0 Å². The molecule has 2 rings (SSSR count). The van der Waals surface area contributed by atoms with Crippen molar-refractivity contribution in [2.24, 2.45) is 34.2 Å². The number of carbonyl (C=O) groups is 9. The highest BCUT2D eigenvalue weighted by atomic mass is 16.5. The molecule has 1 unspecified atom stereocenters. The van der Waals surface area contributed by atoms with E-state index in [-0.39, 0.29) is 55.4 Å². The van der Waals surface area contributed by atoms with Gasteiger partial charge >= 0.3 is 11.9 Å². The number of amides is 7. The Morgan fingerprint density at radius 1 is 0.845 bits per heavy atom. The molecule has 71 heavy (non-hydrogen) atoms. The number of guanidine groups is 1. The summed E-state index contributed by atoms with van der Waals surface area (Å²) in [5.74, 6) is -10.9. The summed E-state index contributed by atoms with van der Waals surface area (Å²) < 4.78 is 5.81. The van der Waals surface area contributed by atoms with E-state index >= 15 is 0 Å². The van der Waals surface area contributed by atoms with E-state index in [1.807, 2.05) is 50.3 Å². The number of methoxy groups -OCH3 is 1. The normalized spacial score (nSPS) is 25.1. The third-order valence-corrected chi connectivity index (χ3v) is 11.9. The van der Waals surface area contributed by atoms with Crippen molar-refractivity contribution in [3.05, 3.63) is 71.5 Å². The Labute approximate surface area is 415 Å². The average Bonchev–Trinajstić information content (AvgIpc) is 3.31. The molecule has 13 N–H and O–H groups in total. The summed E-state index contributed by atoms with van der Waals surface area (Å²) in [6.07, 6.45) is 5.68. The van der Waals surface area contributed by atoms with E-state index in [4.69, 9.17) is 16.2 Å². The van der Waals surface area contributed by atoms with Crippen molar-refractivity contribution in [3.63, 3.8) is 0 Å². The number of carboxylic acid groups (broad SMARTS) is 2. The highest BCUT2D eigenvalue weighted by Gasteiger charge is 2.34. The van der Waals surface area contributed by atoms with Crippen LogP contribution in [0.25, 0.3) is 0 Å². The van der Waals surface area contributed by atoms with Crippen molar-refractivity contribution in [2.75, 3.05) is 13.7 Å². The second kappa shape index (κ2) is 30.5. The van der Waals surface area contributed by atoms with Crippen LogP contribution < -0.4 is 48.7 Å². The van der Waals surface area contributed by atoms with Crippen LogP contribution in [0.3, 0.4) is 0 Å². The van der Waals surface area contributed by atoms with Crippen LogP contribution in [0.2, 0.25) is 0 Å². The number of allylic oxidation sites excluding steroid dienone is 3. The number of rotatable bonds is 16. The first-order chi connectivity index (χ1) is 33.5. The first-order valence-electron chi connectivity index (χ1n) is 23.7. The van der Waals surface area contributed by atoms with Gasteiger partial charge in [-0.2, -0.15) is 0 Å². The van der Waals surface area contributed by atoms with Gasteiger partial charge in [0.25, 0.3) is 5.91 Å². The number of carbonyl (C=O) groups excluding carboxylic acids is 7. The van der Waals surface area contributed by atoms with Crippen LogP contribution >= 0.6 is 0 Å². The summed E-state index contributed by atoms with van der Waals surface area (Å²) in [6, 6.07) is 1.13. The number of nitrogens with one attached hydrogen (secondary N) is 7. The molecule has 1 fully saturated rings. The quantitative estimate of drug-likeness (QED) is 0.0359. The van der Waals surface area contributed by atoms with Gasteiger partial charge in [0, 0.05) is 26.0 Å². The minimum Gasteiger partial charge on any atom is -0.480 e. The van der Waals surface area contributed by atoms with Crippen molar-refractivity contribution in [2.45, 2.75) is 142 Å². The largest absolute Gasteiger partial charge is 0.480 e. The molecule has 0 aliphatic carbocycles. The Bertz CT molecular complexity index is 2140. The third kappa shape index (κ3) is 21.6. The van der Waals surface area contributed by atoms with Crippen molar-refractivity contribution in [1.82, 2.24) is 37.2 Å². The number of ether oxygens (including phenoxy) is 1. The first kappa shape index (κ1) is 60.0. The SMILES string of the molecule is C/C=C1/NC(=O)CC[C@H](C(=O)O)NC(=O)[C@@H](C)C(/C=C/C(C)=C/[C@H](C)[C@H](Cc2ccccc2)OC)NC(=O)[C@H](CCCN=C(N)N)NC(=O)C[C@H](C(=O)O)NC(=O)[C@H](C[C@@H](C)CC)NC(=O)[C@@H](C)NC1=O. The number of benzene rings is 1. The summed E-state index contributed by atoms with van der Waals surface area (Å²) >= 11 is 0. The predicted molar refractivity (Wildman–Crippen MR) is 264 cm³/mol. The minimum atomic E-state index is -1.85. The molecule has 1 saturated heterocycles. The molecule has 22 heteroatoms. The summed E-state index contributed by atoms with van der Waals surface area (Å²) in [7, 11) is 1.61. The van der Waals surface area contributed by atoms with Gasteiger partial charge in [0.1, 0.15) is 35.9 Å². The molecule has 1 aromatic carbocycles. The third-order valence-electron chi connectivity index (χ3n) is 11.9. The minimum absolute atomic E-state index is 0.0308. The average molecular weight is 995 g/mol. The summed E-state index contributed by atoms with van der Waals surface area (Å²) in [5, 5.41) is 37.7. The second-order valence-electron chi connectivity index (χ2n) is 17.8. The van der Waals surface area contributed by atoms with Gasteiger partial charge in [-0.15, -0.1) is 0 Å². The molecule has 0 spiro atoms. The Hall–Kier alpha value is -7.10. The topological polar surface area (TPSA) is 352 Å². The monoisotopic (exact) mass is 995 g/mol. The number of aliphatic imine (C=N–C) groups is 1. The molecule has 10 atom stereocenters. The number of nitrogens with zero attached hydrogens (tertiary/aromatic N) is 1.